The smallest absolute Gasteiger partial charge is 0.382 e. The van der Waals surface area contributed by atoms with E-state index in [0.717, 1.165) is 19.6 Å². The van der Waals surface area contributed by atoms with Crippen LogP contribution in [0, 0.1) is 0 Å². The summed E-state index contributed by atoms with van der Waals surface area (Å²) >= 11 is 0. The Labute approximate surface area is 238 Å². The number of fused-ring (bicyclic) bond motifs is 2. The number of alkyl halides is 4. The maximum atomic E-state index is 13.4. The molecule has 0 aliphatic heterocycles. The molecular weight excluding hydrogens is 634 g/mol. The van der Waals surface area contributed by atoms with E-state index >= 15 is 0 Å². The summed E-state index contributed by atoms with van der Waals surface area (Å²) in [4.78, 5) is 57.5. The molecule has 0 fully saturated rings. The lowest BCUT2D eigenvalue weighted by molar-refractivity contribution is -0.336. The van der Waals surface area contributed by atoms with Gasteiger partial charge in [0.15, 0.2) is 22.9 Å². The minimum Gasteiger partial charge on any atom is -0.382 e. The van der Waals surface area contributed by atoms with Gasteiger partial charge >= 0.3 is 27.0 Å². The van der Waals surface area contributed by atoms with Crippen LogP contribution >= 0.6 is 15.2 Å². The van der Waals surface area contributed by atoms with Crippen LogP contribution in [0.4, 0.5) is 29.2 Å². The summed E-state index contributed by atoms with van der Waals surface area (Å²) in [6.07, 6.45) is -2.84. The van der Waals surface area contributed by atoms with Crippen LogP contribution in [0.25, 0.3) is 22.3 Å². The molecule has 0 radical (unpaired) electrons. The van der Waals surface area contributed by atoms with E-state index in [1.54, 1.807) is 11.5 Å². The van der Waals surface area contributed by atoms with Gasteiger partial charge in [0, 0.05) is 0 Å². The normalized spacial score (nSPS) is 14.5. The number of imidazole rings is 2. The highest BCUT2D eigenvalue weighted by molar-refractivity contribution is 7.53. The lowest BCUT2D eigenvalue weighted by Crippen LogP contribution is -2.45. The largest absolute Gasteiger partial charge is 0.434 e. The predicted molar refractivity (Wildman–Crippen MR) is 139 cm³/mol. The van der Waals surface area contributed by atoms with Gasteiger partial charge in [-0.05, 0) is 13.8 Å². The molecule has 0 amide bonds. The Balaban J connectivity index is 0.000000242. The third-order valence-electron chi connectivity index (χ3n) is 5.36. The highest BCUT2D eigenvalue weighted by Crippen LogP contribution is 2.60. The monoisotopic (exact) mass is 660 g/mol. The van der Waals surface area contributed by atoms with E-state index in [9.17, 15) is 26.7 Å². The number of halogens is 4. The van der Waals surface area contributed by atoms with E-state index in [1.807, 2.05) is 0 Å². The van der Waals surface area contributed by atoms with E-state index in [0.29, 0.717) is 17.7 Å². The minimum atomic E-state index is -6.43. The van der Waals surface area contributed by atoms with Gasteiger partial charge in [-0.1, -0.05) is 0 Å². The van der Waals surface area contributed by atoms with Crippen molar-refractivity contribution in [2.75, 3.05) is 17.8 Å². The molecule has 8 N–H and O–H groups in total. The van der Waals surface area contributed by atoms with Gasteiger partial charge in [-0.25, -0.2) is 29.9 Å². The number of aromatic nitrogens is 8. The zero-order valence-electron chi connectivity index (χ0n) is 22.1. The molecule has 4 aromatic rings. The molecule has 238 valence electrons. The standard InChI is InChI=1S/C10H12F4N5O4P.C9H14N5O4P/c1-5(23-9(11,12)10(13,14)24(20,21)22)2-19-4-18-6-7(15)16-3-17-8(6)19;1-6(18-5-19(15,16)17)2-14-4-13-7-8(10)11-3-12-9(7)14/h3-5H,2H2,1H3,(H2,15,16,17)(H2,20,21,22);3-4,6H,2,5H2,1H3,(H2,10,11,12)(H2,15,16,17)/t5-;6-/m11/s1. The van der Waals surface area contributed by atoms with Crippen LogP contribution in [0.2, 0.25) is 0 Å². The molecule has 0 saturated carbocycles. The topological polar surface area (TPSA) is 273 Å². The highest BCUT2D eigenvalue weighted by Gasteiger charge is 2.70. The molecular formula is C19H26F4N10O8P2. The van der Waals surface area contributed by atoms with Gasteiger partial charge in [0.2, 0.25) is 0 Å². The number of nitrogen functional groups attached to an aromatic ring is 2. The molecule has 4 rings (SSSR count). The second kappa shape index (κ2) is 12.7. The predicted octanol–water partition coefficient (Wildman–Crippen LogP) is 1.13. The van der Waals surface area contributed by atoms with Gasteiger partial charge in [0.1, 0.15) is 30.0 Å². The van der Waals surface area contributed by atoms with Crippen molar-refractivity contribution in [3.8, 4) is 0 Å². The summed E-state index contributed by atoms with van der Waals surface area (Å²) in [5, 5.41) is 0. The minimum absolute atomic E-state index is 0.0330. The molecule has 18 nitrogen and oxygen atoms in total. The Kier molecular flexibility index (Phi) is 10.1. The number of nitrogens with two attached hydrogens (primary N) is 2. The van der Waals surface area contributed by atoms with Crippen LogP contribution in [0.15, 0.2) is 25.3 Å². The summed E-state index contributed by atoms with van der Waals surface area (Å²) < 4.78 is 86.3. The van der Waals surface area contributed by atoms with Crippen molar-refractivity contribution in [1.82, 2.24) is 39.0 Å². The van der Waals surface area contributed by atoms with E-state index in [-0.39, 0.29) is 22.8 Å². The van der Waals surface area contributed by atoms with E-state index in [4.69, 9.17) is 35.8 Å². The molecule has 0 unspecified atom stereocenters. The molecule has 0 aliphatic carbocycles. The average molecular weight is 660 g/mol. The lowest BCUT2D eigenvalue weighted by Gasteiger charge is -2.28. The second-order valence-corrected chi connectivity index (χ2v) is 12.2. The molecule has 0 spiro atoms. The fraction of sp³-hybridized carbons (Fsp3) is 0.474. The Morgan fingerprint density at radius 1 is 0.814 bits per heavy atom. The number of hydrogen-bond donors (Lipinski definition) is 6. The first-order chi connectivity index (χ1) is 19.7. The SMILES string of the molecule is C[C@H](Cn1cnc2c(N)ncnc21)OC(F)(F)C(F)(F)P(=O)(O)O.C[C@H](Cn1cnc2c(N)ncnc21)OCP(=O)(O)O. The van der Waals surface area contributed by atoms with Crippen LogP contribution in [0.5, 0.6) is 0 Å². The summed E-state index contributed by atoms with van der Waals surface area (Å²) in [5.41, 5.74) is 6.91. The van der Waals surface area contributed by atoms with Crippen molar-refractivity contribution in [1.29, 1.82) is 0 Å². The van der Waals surface area contributed by atoms with Crippen LogP contribution in [-0.2, 0) is 31.7 Å². The van der Waals surface area contributed by atoms with E-state index in [1.165, 1.54) is 17.2 Å². The van der Waals surface area contributed by atoms with Crippen molar-refractivity contribution < 1.29 is 55.7 Å². The van der Waals surface area contributed by atoms with Crippen LogP contribution in [0.1, 0.15) is 13.8 Å². The Morgan fingerprint density at radius 2 is 1.26 bits per heavy atom. The zero-order valence-corrected chi connectivity index (χ0v) is 23.9. The Morgan fingerprint density at radius 3 is 1.67 bits per heavy atom. The molecule has 43 heavy (non-hydrogen) atoms. The summed E-state index contributed by atoms with van der Waals surface area (Å²) in [5.74, 6) is 0.318. The van der Waals surface area contributed by atoms with Gasteiger partial charge in [0.05, 0.1) is 38.0 Å². The number of rotatable bonds is 11. The summed E-state index contributed by atoms with van der Waals surface area (Å²) in [6, 6.07) is 0. The van der Waals surface area contributed by atoms with Crippen LogP contribution in [-0.4, -0.2) is 88.9 Å². The second-order valence-electron chi connectivity index (χ2n) is 8.96. The van der Waals surface area contributed by atoms with Crippen molar-refractivity contribution in [2.24, 2.45) is 0 Å². The molecule has 2 atom stereocenters. The third kappa shape index (κ3) is 8.18. The van der Waals surface area contributed by atoms with E-state index < -0.39 is 52.1 Å². The molecule has 4 aromatic heterocycles. The number of hydrogen-bond acceptors (Lipinski definition) is 12. The maximum Gasteiger partial charge on any atom is 0.434 e. The highest BCUT2D eigenvalue weighted by atomic mass is 31.2. The molecule has 0 bridgehead atoms. The first kappa shape index (κ1) is 34.1. The molecule has 0 aromatic carbocycles. The van der Waals surface area contributed by atoms with E-state index in [2.05, 4.69) is 34.6 Å². The third-order valence-corrected chi connectivity index (χ3v) is 6.84. The van der Waals surface area contributed by atoms with Gasteiger partial charge in [-0.3, -0.25) is 9.13 Å². The van der Waals surface area contributed by atoms with Crippen molar-refractivity contribution in [3.63, 3.8) is 0 Å². The van der Waals surface area contributed by atoms with Crippen molar-refractivity contribution in [2.45, 2.75) is 50.9 Å². The van der Waals surface area contributed by atoms with Crippen LogP contribution in [0.3, 0.4) is 0 Å². The summed E-state index contributed by atoms with van der Waals surface area (Å²) in [6.45, 7) is 2.67. The Bertz CT molecular complexity index is 1660. The molecule has 0 aliphatic rings. The lowest BCUT2D eigenvalue weighted by atomic mass is 10.4. The van der Waals surface area contributed by atoms with Gasteiger partial charge in [-0.2, -0.15) is 17.6 Å². The zero-order chi connectivity index (χ0) is 32.4. The average Bonchev–Trinajstić information content (AvgIpc) is 3.47. The molecule has 0 saturated heterocycles. The number of anilines is 2. The number of nitrogens with zero attached hydrogens (tertiary/aromatic N) is 8. The number of ether oxygens (including phenoxy) is 2. The first-order valence-electron chi connectivity index (χ1n) is 11.7. The quantitative estimate of drug-likeness (QED) is 0.0971. The van der Waals surface area contributed by atoms with Crippen LogP contribution < -0.4 is 11.5 Å². The molecule has 4 heterocycles. The van der Waals surface area contributed by atoms with Gasteiger partial charge in [-0.15, -0.1) is 0 Å². The van der Waals surface area contributed by atoms with Crippen molar-refractivity contribution >= 4 is 49.2 Å². The fourth-order valence-electron chi connectivity index (χ4n) is 3.43. The van der Waals surface area contributed by atoms with Gasteiger partial charge in [0.25, 0.3) is 0 Å². The van der Waals surface area contributed by atoms with Gasteiger partial charge < -0.3 is 49.6 Å². The van der Waals surface area contributed by atoms with Crippen molar-refractivity contribution in [3.05, 3.63) is 25.3 Å². The fourth-order valence-corrected chi connectivity index (χ4v) is 4.27. The summed E-state index contributed by atoms with van der Waals surface area (Å²) in [7, 11) is -10.6. The first-order valence-corrected chi connectivity index (χ1v) is 15.1. The maximum absolute atomic E-state index is 13.4. The Hall–Kier alpha value is -3.36. The molecule has 24 heteroatoms.